The van der Waals surface area contributed by atoms with Gasteiger partial charge < -0.3 is 5.32 Å². The number of hydrogen-bond acceptors (Lipinski definition) is 4. The Hall–Kier alpha value is -2.64. The molecule has 1 aromatic heterocycles. The van der Waals surface area contributed by atoms with Crippen LogP contribution in [-0.2, 0) is 10.0 Å². The lowest BCUT2D eigenvalue weighted by Gasteiger charge is -2.20. The highest BCUT2D eigenvalue weighted by atomic mass is 32.2. The summed E-state index contributed by atoms with van der Waals surface area (Å²) in [6.07, 6.45) is 0.773. The zero-order chi connectivity index (χ0) is 20.1. The highest BCUT2D eigenvalue weighted by Gasteiger charge is 2.22. The number of sulfonamides is 1. The first-order valence-electron chi connectivity index (χ1n) is 8.91. The van der Waals surface area contributed by atoms with Gasteiger partial charge in [0.05, 0.1) is 11.7 Å². The lowest BCUT2D eigenvalue weighted by atomic mass is 10.0. The number of hydrogen-bond donors (Lipinski definition) is 1. The fourth-order valence-corrected chi connectivity index (χ4v) is 5.21. The van der Waals surface area contributed by atoms with E-state index in [2.05, 4.69) is 5.32 Å². The number of rotatable bonds is 7. The molecule has 3 rings (SSSR count). The van der Waals surface area contributed by atoms with Crippen molar-refractivity contribution in [3.8, 4) is 0 Å². The summed E-state index contributed by atoms with van der Waals surface area (Å²) >= 11 is 1.17. The van der Waals surface area contributed by atoms with E-state index in [1.54, 1.807) is 41.8 Å². The Morgan fingerprint density at radius 2 is 1.71 bits per heavy atom. The number of benzene rings is 2. The average molecular weight is 415 g/mol. The molecular formula is C21H22N2O3S2. The van der Waals surface area contributed by atoms with Gasteiger partial charge in [-0.25, -0.2) is 8.42 Å². The van der Waals surface area contributed by atoms with Crippen molar-refractivity contribution < 1.29 is 13.2 Å². The lowest BCUT2D eigenvalue weighted by molar-refractivity contribution is 0.0935. The van der Waals surface area contributed by atoms with Crippen LogP contribution in [0.25, 0.3) is 0 Å². The normalized spacial score (nSPS) is 12.4. The molecule has 0 aliphatic heterocycles. The van der Waals surface area contributed by atoms with E-state index in [1.165, 1.54) is 22.7 Å². The molecule has 5 nitrogen and oxygen atoms in total. The first kappa shape index (κ1) is 20.1. The Labute approximate surface area is 169 Å². The van der Waals surface area contributed by atoms with E-state index >= 15 is 0 Å². The van der Waals surface area contributed by atoms with Crippen molar-refractivity contribution in [2.75, 3.05) is 11.4 Å². The van der Waals surface area contributed by atoms with E-state index in [1.807, 2.05) is 37.3 Å². The molecule has 3 aromatic rings. The van der Waals surface area contributed by atoms with Crippen molar-refractivity contribution in [3.63, 3.8) is 0 Å². The van der Waals surface area contributed by atoms with Gasteiger partial charge in [0.2, 0.25) is 0 Å². The highest BCUT2D eigenvalue weighted by Crippen LogP contribution is 2.25. The van der Waals surface area contributed by atoms with Gasteiger partial charge in [0.25, 0.3) is 15.9 Å². The third-order valence-electron chi connectivity index (χ3n) is 4.52. The van der Waals surface area contributed by atoms with Crippen LogP contribution < -0.4 is 9.62 Å². The molecule has 0 fully saturated rings. The zero-order valence-corrected chi connectivity index (χ0v) is 17.3. The van der Waals surface area contributed by atoms with Crippen molar-refractivity contribution in [1.29, 1.82) is 0 Å². The number of amides is 1. The minimum atomic E-state index is -3.59. The summed E-state index contributed by atoms with van der Waals surface area (Å²) in [5.74, 6) is -0.189. The average Bonchev–Trinajstić information content (AvgIpc) is 3.28. The maximum atomic E-state index is 12.6. The van der Waals surface area contributed by atoms with Gasteiger partial charge in [0, 0.05) is 12.6 Å². The molecule has 0 saturated carbocycles. The number of thiophene rings is 1. The number of nitrogens with zero attached hydrogens (tertiary/aromatic N) is 1. The zero-order valence-electron chi connectivity index (χ0n) is 15.7. The summed E-state index contributed by atoms with van der Waals surface area (Å²) in [4.78, 5) is 12.6. The van der Waals surface area contributed by atoms with Gasteiger partial charge in [0.1, 0.15) is 4.21 Å². The van der Waals surface area contributed by atoms with Crippen LogP contribution >= 0.6 is 11.3 Å². The van der Waals surface area contributed by atoms with Crippen molar-refractivity contribution >= 4 is 33.0 Å². The van der Waals surface area contributed by atoms with Crippen LogP contribution in [0.2, 0.25) is 0 Å². The molecule has 1 heterocycles. The van der Waals surface area contributed by atoms with Crippen molar-refractivity contribution in [3.05, 3.63) is 83.2 Å². The molecule has 0 saturated heterocycles. The number of nitrogens with one attached hydrogen (secondary N) is 1. The molecule has 0 aliphatic carbocycles. The fourth-order valence-electron chi connectivity index (χ4n) is 2.85. The largest absolute Gasteiger partial charge is 0.345 e. The van der Waals surface area contributed by atoms with E-state index in [0.717, 1.165) is 12.0 Å². The molecule has 7 heteroatoms. The second kappa shape index (κ2) is 8.58. The second-order valence-electron chi connectivity index (χ2n) is 6.30. The first-order valence-corrected chi connectivity index (χ1v) is 11.2. The van der Waals surface area contributed by atoms with Gasteiger partial charge >= 0.3 is 0 Å². The van der Waals surface area contributed by atoms with Crippen LogP contribution in [0.4, 0.5) is 5.69 Å². The Morgan fingerprint density at radius 3 is 2.29 bits per heavy atom. The first-order chi connectivity index (χ1) is 13.4. The minimum absolute atomic E-state index is 0.0738. The Kier molecular flexibility index (Phi) is 6.16. The van der Waals surface area contributed by atoms with Gasteiger partial charge in [-0.2, -0.15) is 0 Å². The third-order valence-corrected chi connectivity index (χ3v) is 7.68. The molecule has 1 amide bonds. The summed E-state index contributed by atoms with van der Waals surface area (Å²) < 4.78 is 26.7. The van der Waals surface area contributed by atoms with Crippen LogP contribution in [0.1, 0.15) is 35.3 Å². The molecule has 0 spiro atoms. The van der Waals surface area contributed by atoms with E-state index in [4.69, 9.17) is 0 Å². The van der Waals surface area contributed by atoms with Gasteiger partial charge in [-0.3, -0.25) is 9.10 Å². The van der Waals surface area contributed by atoms with Crippen LogP contribution in [0.15, 0.2) is 76.3 Å². The molecule has 1 N–H and O–H groups in total. The van der Waals surface area contributed by atoms with Crippen LogP contribution in [0.5, 0.6) is 0 Å². The van der Waals surface area contributed by atoms with Crippen molar-refractivity contribution in [1.82, 2.24) is 5.32 Å². The molecule has 0 aliphatic rings. The standard InChI is InChI=1S/C21H22N2O3S2/c1-3-19(16-8-5-4-6-9-16)22-21(24)17-11-13-18(14-12-17)23(2)28(25,26)20-10-7-15-27-20/h4-15,19H,3H2,1-2H3,(H,22,24). The Bertz CT molecular complexity index is 1020. The van der Waals surface area contributed by atoms with E-state index in [9.17, 15) is 13.2 Å². The summed E-state index contributed by atoms with van der Waals surface area (Å²) in [6, 6.07) is 19.6. The molecular weight excluding hydrogens is 392 g/mol. The van der Waals surface area contributed by atoms with Gasteiger partial charge in [-0.1, -0.05) is 43.3 Å². The predicted octanol–water partition coefficient (Wildman–Crippen LogP) is 4.45. The molecule has 1 atom stereocenters. The van der Waals surface area contributed by atoms with Gasteiger partial charge in [0.15, 0.2) is 0 Å². The van der Waals surface area contributed by atoms with Crippen LogP contribution in [0.3, 0.4) is 0 Å². The Morgan fingerprint density at radius 1 is 1.04 bits per heavy atom. The topological polar surface area (TPSA) is 66.5 Å². The highest BCUT2D eigenvalue weighted by molar-refractivity contribution is 7.94. The molecule has 2 aromatic carbocycles. The summed E-state index contributed by atoms with van der Waals surface area (Å²) in [5.41, 5.74) is 2.04. The maximum Gasteiger partial charge on any atom is 0.273 e. The SMILES string of the molecule is CCC(NC(=O)c1ccc(N(C)S(=O)(=O)c2cccs2)cc1)c1ccccc1. The smallest absolute Gasteiger partial charge is 0.273 e. The summed E-state index contributed by atoms with van der Waals surface area (Å²) in [6.45, 7) is 2.02. The number of carbonyl (C=O) groups excluding carboxylic acids is 1. The van der Waals surface area contributed by atoms with Crippen LogP contribution in [-0.4, -0.2) is 21.4 Å². The summed E-state index contributed by atoms with van der Waals surface area (Å²) in [5, 5.41) is 4.76. The minimum Gasteiger partial charge on any atom is -0.345 e. The molecule has 146 valence electrons. The van der Waals surface area contributed by atoms with Gasteiger partial charge in [-0.15, -0.1) is 11.3 Å². The number of carbonyl (C=O) groups is 1. The second-order valence-corrected chi connectivity index (χ2v) is 9.44. The predicted molar refractivity (Wildman–Crippen MR) is 113 cm³/mol. The van der Waals surface area contributed by atoms with E-state index < -0.39 is 10.0 Å². The Balaban J connectivity index is 1.74. The molecule has 0 bridgehead atoms. The third kappa shape index (κ3) is 4.26. The van der Waals surface area contributed by atoms with E-state index in [-0.39, 0.29) is 16.2 Å². The van der Waals surface area contributed by atoms with Gasteiger partial charge in [-0.05, 0) is 47.7 Å². The molecule has 0 radical (unpaired) electrons. The van der Waals surface area contributed by atoms with Crippen LogP contribution in [0, 0.1) is 0 Å². The van der Waals surface area contributed by atoms with Crippen molar-refractivity contribution in [2.24, 2.45) is 0 Å². The molecule has 1 unspecified atom stereocenters. The fraction of sp³-hybridized carbons (Fsp3) is 0.190. The molecule has 28 heavy (non-hydrogen) atoms. The van der Waals surface area contributed by atoms with E-state index in [0.29, 0.717) is 11.3 Å². The number of anilines is 1. The maximum absolute atomic E-state index is 12.6. The summed E-state index contributed by atoms with van der Waals surface area (Å²) in [7, 11) is -2.08. The van der Waals surface area contributed by atoms with Crippen molar-refractivity contribution in [2.45, 2.75) is 23.6 Å². The quantitative estimate of drug-likeness (QED) is 0.621. The lowest BCUT2D eigenvalue weighted by Crippen LogP contribution is -2.28. The monoisotopic (exact) mass is 414 g/mol.